The summed E-state index contributed by atoms with van der Waals surface area (Å²) in [5.41, 5.74) is 4.45. The molecule has 3 N–H and O–H groups in total. The van der Waals surface area contributed by atoms with E-state index in [4.69, 9.17) is 0 Å². The molecule has 0 fully saturated rings. The van der Waals surface area contributed by atoms with E-state index in [1.807, 2.05) is 30.3 Å². The molecular formula is C20H20N6. The number of rotatable bonds is 5. The Balaban J connectivity index is 1.72. The summed E-state index contributed by atoms with van der Waals surface area (Å²) in [4.78, 5) is 9.31. The SMILES string of the molecule is CCc1ccc(Nc2nc(Nc3ccn[nH]3)c3ccccc3n2)cc1C. The van der Waals surface area contributed by atoms with Crippen LogP contribution in [0.1, 0.15) is 18.1 Å². The summed E-state index contributed by atoms with van der Waals surface area (Å²) in [5, 5.41) is 14.4. The van der Waals surface area contributed by atoms with E-state index in [2.05, 4.69) is 62.8 Å². The van der Waals surface area contributed by atoms with Gasteiger partial charge in [0.15, 0.2) is 0 Å². The number of H-pyrrole nitrogens is 1. The number of aromatic nitrogens is 4. The molecule has 130 valence electrons. The molecule has 0 spiro atoms. The van der Waals surface area contributed by atoms with Gasteiger partial charge in [0.2, 0.25) is 5.95 Å². The Kier molecular flexibility index (Phi) is 4.23. The van der Waals surface area contributed by atoms with E-state index in [1.54, 1.807) is 6.20 Å². The predicted molar refractivity (Wildman–Crippen MR) is 105 cm³/mol. The first-order chi connectivity index (χ1) is 12.7. The van der Waals surface area contributed by atoms with Gasteiger partial charge in [-0.1, -0.05) is 25.1 Å². The number of benzene rings is 2. The zero-order valence-electron chi connectivity index (χ0n) is 14.7. The molecule has 4 rings (SSSR count). The molecule has 2 aromatic heterocycles. The van der Waals surface area contributed by atoms with Crippen LogP contribution in [0.2, 0.25) is 0 Å². The number of hydrogen-bond donors (Lipinski definition) is 3. The van der Waals surface area contributed by atoms with Gasteiger partial charge in [0.05, 0.1) is 11.7 Å². The van der Waals surface area contributed by atoms with Crippen molar-refractivity contribution in [3.8, 4) is 0 Å². The minimum atomic E-state index is 0.550. The molecular weight excluding hydrogens is 324 g/mol. The summed E-state index contributed by atoms with van der Waals surface area (Å²) in [5.74, 6) is 2.06. The van der Waals surface area contributed by atoms with Gasteiger partial charge >= 0.3 is 0 Å². The van der Waals surface area contributed by atoms with Gasteiger partial charge in [0.1, 0.15) is 11.6 Å². The molecule has 6 heteroatoms. The minimum Gasteiger partial charge on any atom is -0.325 e. The summed E-state index contributed by atoms with van der Waals surface area (Å²) in [6, 6.07) is 16.1. The number of aryl methyl sites for hydroxylation is 2. The second kappa shape index (κ2) is 6.84. The molecule has 0 aliphatic heterocycles. The maximum atomic E-state index is 4.66. The zero-order valence-corrected chi connectivity index (χ0v) is 14.7. The molecule has 0 atom stereocenters. The highest BCUT2D eigenvalue weighted by Gasteiger charge is 2.09. The van der Waals surface area contributed by atoms with Gasteiger partial charge in [-0.2, -0.15) is 10.1 Å². The van der Waals surface area contributed by atoms with Crippen molar-refractivity contribution in [2.24, 2.45) is 0 Å². The number of nitrogens with zero attached hydrogens (tertiary/aromatic N) is 3. The van der Waals surface area contributed by atoms with Gasteiger partial charge in [-0.15, -0.1) is 0 Å². The van der Waals surface area contributed by atoms with Crippen molar-refractivity contribution in [1.82, 2.24) is 20.2 Å². The maximum absolute atomic E-state index is 4.66. The normalized spacial score (nSPS) is 10.8. The average Bonchev–Trinajstić information content (AvgIpc) is 3.15. The summed E-state index contributed by atoms with van der Waals surface area (Å²) < 4.78 is 0. The minimum absolute atomic E-state index is 0.550. The van der Waals surface area contributed by atoms with Crippen molar-refractivity contribution in [1.29, 1.82) is 0 Å². The fourth-order valence-electron chi connectivity index (χ4n) is 2.98. The van der Waals surface area contributed by atoms with E-state index in [0.29, 0.717) is 5.95 Å². The Hall–Kier alpha value is -3.41. The van der Waals surface area contributed by atoms with Crippen LogP contribution in [-0.2, 0) is 6.42 Å². The van der Waals surface area contributed by atoms with E-state index >= 15 is 0 Å². The van der Waals surface area contributed by atoms with Crippen molar-refractivity contribution < 1.29 is 0 Å². The maximum Gasteiger partial charge on any atom is 0.229 e. The van der Waals surface area contributed by atoms with E-state index in [1.165, 1.54) is 11.1 Å². The van der Waals surface area contributed by atoms with Crippen LogP contribution in [0.5, 0.6) is 0 Å². The molecule has 0 aliphatic carbocycles. The number of aromatic amines is 1. The van der Waals surface area contributed by atoms with Gasteiger partial charge in [0.25, 0.3) is 0 Å². The number of para-hydroxylation sites is 1. The van der Waals surface area contributed by atoms with Gasteiger partial charge < -0.3 is 10.6 Å². The molecule has 0 radical (unpaired) electrons. The Morgan fingerprint density at radius 2 is 1.88 bits per heavy atom. The Labute approximate surface area is 151 Å². The largest absolute Gasteiger partial charge is 0.325 e. The third kappa shape index (κ3) is 3.21. The third-order valence-corrected chi connectivity index (χ3v) is 4.34. The quantitative estimate of drug-likeness (QED) is 0.488. The molecule has 0 unspecified atom stereocenters. The van der Waals surface area contributed by atoms with Crippen molar-refractivity contribution in [2.75, 3.05) is 10.6 Å². The Bertz CT molecular complexity index is 1040. The van der Waals surface area contributed by atoms with E-state index in [0.717, 1.165) is 34.6 Å². The lowest BCUT2D eigenvalue weighted by Gasteiger charge is -2.12. The molecule has 2 aromatic carbocycles. The molecule has 0 saturated heterocycles. The average molecular weight is 344 g/mol. The number of fused-ring (bicyclic) bond motifs is 1. The Morgan fingerprint density at radius 3 is 2.65 bits per heavy atom. The lowest BCUT2D eigenvalue weighted by atomic mass is 10.1. The van der Waals surface area contributed by atoms with Crippen molar-refractivity contribution in [2.45, 2.75) is 20.3 Å². The first kappa shape index (κ1) is 16.1. The van der Waals surface area contributed by atoms with Gasteiger partial charge in [-0.3, -0.25) is 5.10 Å². The van der Waals surface area contributed by atoms with Crippen LogP contribution in [0.3, 0.4) is 0 Å². The molecule has 26 heavy (non-hydrogen) atoms. The van der Waals surface area contributed by atoms with Gasteiger partial charge in [-0.25, -0.2) is 4.98 Å². The van der Waals surface area contributed by atoms with Gasteiger partial charge in [-0.05, 0) is 48.7 Å². The molecule has 0 bridgehead atoms. The summed E-state index contributed by atoms with van der Waals surface area (Å²) in [6.45, 7) is 4.28. The number of hydrogen-bond acceptors (Lipinski definition) is 5. The molecule has 0 saturated carbocycles. The van der Waals surface area contributed by atoms with Crippen LogP contribution in [-0.4, -0.2) is 20.2 Å². The monoisotopic (exact) mass is 344 g/mol. The van der Waals surface area contributed by atoms with Crippen LogP contribution in [0, 0.1) is 6.92 Å². The first-order valence-electron chi connectivity index (χ1n) is 8.62. The molecule has 6 nitrogen and oxygen atoms in total. The fraction of sp³-hybridized carbons (Fsp3) is 0.150. The number of anilines is 4. The second-order valence-electron chi connectivity index (χ2n) is 6.13. The van der Waals surface area contributed by atoms with E-state index in [9.17, 15) is 0 Å². The van der Waals surface area contributed by atoms with Crippen LogP contribution in [0.25, 0.3) is 10.9 Å². The smallest absolute Gasteiger partial charge is 0.229 e. The van der Waals surface area contributed by atoms with Crippen LogP contribution in [0.15, 0.2) is 54.7 Å². The van der Waals surface area contributed by atoms with Crippen molar-refractivity contribution >= 4 is 34.2 Å². The lowest BCUT2D eigenvalue weighted by molar-refractivity contribution is 1.09. The summed E-state index contributed by atoms with van der Waals surface area (Å²) in [6.07, 6.45) is 2.72. The molecule has 4 aromatic rings. The van der Waals surface area contributed by atoms with Crippen molar-refractivity contribution in [3.05, 3.63) is 65.9 Å². The first-order valence-corrected chi connectivity index (χ1v) is 8.62. The molecule has 0 aliphatic rings. The van der Waals surface area contributed by atoms with E-state index in [-0.39, 0.29) is 0 Å². The Morgan fingerprint density at radius 1 is 1.00 bits per heavy atom. The number of nitrogens with one attached hydrogen (secondary N) is 3. The zero-order chi connectivity index (χ0) is 17.9. The second-order valence-corrected chi connectivity index (χ2v) is 6.13. The summed E-state index contributed by atoms with van der Waals surface area (Å²) >= 11 is 0. The third-order valence-electron chi connectivity index (χ3n) is 4.34. The highest BCUT2D eigenvalue weighted by molar-refractivity contribution is 5.91. The lowest BCUT2D eigenvalue weighted by Crippen LogP contribution is -2.03. The topological polar surface area (TPSA) is 78.5 Å². The highest BCUT2D eigenvalue weighted by atomic mass is 15.2. The van der Waals surface area contributed by atoms with Gasteiger partial charge in [0, 0.05) is 17.1 Å². The predicted octanol–water partition coefficient (Wildman–Crippen LogP) is 4.71. The van der Waals surface area contributed by atoms with Crippen LogP contribution < -0.4 is 10.6 Å². The fourth-order valence-corrected chi connectivity index (χ4v) is 2.98. The van der Waals surface area contributed by atoms with Crippen LogP contribution in [0.4, 0.5) is 23.3 Å². The standard InChI is InChI=1S/C20H20N6/c1-3-14-8-9-15(12-13(14)2)22-20-23-17-7-5-4-6-16(17)19(25-20)24-18-10-11-21-26-18/h4-12H,3H2,1-2H3,(H3,21,22,23,24,25,26). The summed E-state index contributed by atoms with van der Waals surface area (Å²) in [7, 11) is 0. The van der Waals surface area contributed by atoms with Crippen LogP contribution >= 0.6 is 0 Å². The molecule has 2 heterocycles. The highest BCUT2D eigenvalue weighted by Crippen LogP contribution is 2.26. The van der Waals surface area contributed by atoms with E-state index < -0.39 is 0 Å². The molecule has 0 amide bonds. The van der Waals surface area contributed by atoms with Crippen molar-refractivity contribution in [3.63, 3.8) is 0 Å².